The summed E-state index contributed by atoms with van der Waals surface area (Å²) >= 11 is 0. The molecule has 94 valence electrons. The van der Waals surface area contributed by atoms with Crippen LogP contribution in [0.25, 0.3) is 0 Å². The molecule has 0 aromatic heterocycles. The fourth-order valence-corrected chi connectivity index (χ4v) is 1.91. The van der Waals surface area contributed by atoms with Gasteiger partial charge in [0.25, 0.3) is 0 Å². The maximum absolute atomic E-state index is 10.3. The zero-order valence-electron chi connectivity index (χ0n) is 10.2. The number of rotatable bonds is 10. The Bertz CT molecular complexity index is 205. The molecule has 0 heterocycles. The lowest BCUT2D eigenvalue weighted by Gasteiger charge is -2.19. The van der Waals surface area contributed by atoms with Gasteiger partial charge in [-0.15, -0.1) is 0 Å². The average Bonchev–Trinajstić information content (AvgIpc) is 3.05. The third kappa shape index (κ3) is 6.08. The summed E-state index contributed by atoms with van der Waals surface area (Å²) in [5, 5.41) is 11.8. The molecular formula is C12H24N2O2. The summed E-state index contributed by atoms with van der Waals surface area (Å²) < 4.78 is 0. The van der Waals surface area contributed by atoms with Crippen molar-refractivity contribution < 1.29 is 9.90 Å². The van der Waals surface area contributed by atoms with Gasteiger partial charge in [0.1, 0.15) is 0 Å². The fraction of sp³-hybridized carbons (Fsp3) is 0.917. The van der Waals surface area contributed by atoms with Crippen LogP contribution in [0.4, 0.5) is 0 Å². The van der Waals surface area contributed by atoms with Gasteiger partial charge in [0.15, 0.2) is 0 Å². The van der Waals surface area contributed by atoms with Gasteiger partial charge in [-0.1, -0.05) is 6.92 Å². The summed E-state index contributed by atoms with van der Waals surface area (Å²) in [5.41, 5.74) is 0. The van der Waals surface area contributed by atoms with Crippen LogP contribution in [0.1, 0.15) is 39.0 Å². The predicted molar refractivity (Wildman–Crippen MR) is 64.6 cm³/mol. The number of nitrogens with one attached hydrogen (secondary N) is 1. The molecule has 0 saturated heterocycles. The van der Waals surface area contributed by atoms with Crippen molar-refractivity contribution in [1.82, 2.24) is 10.2 Å². The molecule has 1 aliphatic carbocycles. The number of carboxylic acids is 1. The van der Waals surface area contributed by atoms with Crippen LogP contribution in [0, 0.1) is 0 Å². The lowest BCUT2D eigenvalue weighted by atomic mass is 10.2. The number of likely N-dealkylation sites (N-methyl/N-ethyl adjacent to an activating group) is 1. The molecule has 0 spiro atoms. The molecule has 0 bridgehead atoms. The Kier molecular flexibility index (Phi) is 6.42. The van der Waals surface area contributed by atoms with Crippen molar-refractivity contribution >= 4 is 5.97 Å². The molecule has 0 aliphatic heterocycles. The van der Waals surface area contributed by atoms with E-state index in [0.717, 1.165) is 45.1 Å². The fourth-order valence-electron chi connectivity index (χ4n) is 1.91. The normalized spacial score (nSPS) is 15.6. The Balaban J connectivity index is 1.85. The predicted octanol–water partition coefficient (Wildman–Crippen LogP) is 1.32. The van der Waals surface area contributed by atoms with Crippen LogP contribution in [0.15, 0.2) is 0 Å². The van der Waals surface area contributed by atoms with Crippen molar-refractivity contribution in [3.63, 3.8) is 0 Å². The van der Waals surface area contributed by atoms with Crippen LogP contribution >= 0.6 is 0 Å². The van der Waals surface area contributed by atoms with E-state index in [2.05, 4.69) is 17.1 Å². The molecule has 0 unspecified atom stereocenters. The van der Waals surface area contributed by atoms with E-state index in [1.54, 1.807) is 0 Å². The second kappa shape index (κ2) is 7.63. The van der Waals surface area contributed by atoms with Crippen LogP contribution in [0.2, 0.25) is 0 Å². The SMILES string of the molecule is CCN(CCNCCCCC(=O)O)C1CC1. The number of hydrogen-bond acceptors (Lipinski definition) is 3. The van der Waals surface area contributed by atoms with Crippen LogP contribution in [0.5, 0.6) is 0 Å². The van der Waals surface area contributed by atoms with Crippen LogP contribution in [-0.4, -0.2) is 48.2 Å². The molecular weight excluding hydrogens is 204 g/mol. The quantitative estimate of drug-likeness (QED) is 0.554. The molecule has 1 fully saturated rings. The van der Waals surface area contributed by atoms with Gasteiger partial charge in [0.05, 0.1) is 0 Å². The van der Waals surface area contributed by atoms with Crippen molar-refractivity contribution in [2.24, 2.45) is 0 Å². The average molecular weight is 228 g/mol. The molecule has 0 atom stereocenters. The largest absolute Gasteiger partial charge is 0.481 e. The molecule has 4 heteroatoms. The molecule has 0 aromatic rings. The van der Waals surface area contributed by atoms with Crippen molar-refractivity contribution in [3.05, 3.63) is 0 Å². The van der Waals surface area contributed by atoms with Crippen molar-refractivity contribution in [3.8, 4) is 0 Å². The van der Waals surface area contributed by atoms with Gasteiger partial charge in [-0.3, -0.25) is 9.69 Å². The number of aliphatic carboxylic acids is 1. The topological polar surface area (TPSA) is 52.6 Å². The maximum Gasteiger partial charge on any atom is 0.303 e. The third-order valence-corrected chi connectivity index (χ3v) is 3.04. The number of hydrogen-bond donors (Lipinski definition) is 2. The molecule has 0 amide bonds. The van der Waals surface area contributed by atoms with Gasteiger partial charge in [-0.05, 0) is 38.8 Å². The minimum atomic E-state index is -0.689. The zero-order chi connectivity index (χ0) is 11.8. The Morgan fingerprint density at radius 1 is 1.38 bits per heavy atom. The summed E-state index contributed by atoms with van der Waals surface area (Å²) in [6, 6.07) is 0.846. The Morgan fingerprint density at radius 3 is 2.69 bits per heavy atom. The van der Waals surface area contributed by atoms with Gasteiger partial charge < -0.3 is 10.4 Å². The van der Waals surface area contributed by atoms with E-state index in [1.165, 1.54) is 12.8 Å². The second-order valence-corrected chi connectivity index (χ2v) is 4.46. The summed E-state index contributed by atoms with van der Waals surface area (Å²) in [6.45, 7) is 6.45. The highest BCUT2D eigenvalue weighted by atomic mass is 16.4. The maximum atomic E-state index is 10.3. The summed E-state index contributed by atoms with van der Waals surface area (Å²) in [4.78, 5) is 12.8. The van der Waals surface area contributed by atoms with Gasteiger partial charge in [0.2, 0.25) is 0 Å². The Hall–Kier alpha value is -0.610. The first-order chi connectivity index (χ1) is 7.74. The van der Waals surface area contributed by atoms with Gasteiger partial charge in [-0.25, -0.2) is 0 Å². The monoisotopic (exact) mass is 228 g/mol. The highest BCUT2D eigenvalue weighted by Gasteiger charge is 2.26. The number of nitrogens with zero attached hydrogens (tertiary/aromatic N) is 1. The second-order valence-electron chi connectivity index (χ2n) is 4.46. The van der Waals surface area contributed by atoms with Crippen molar-refractivity contribution in [2.75, 3.05) is 26.2 Å². The van der Waals surface area contributed by atoms with E-state index < -0.39 is 5.97 Å². The first-order valence-corrected chi connectivity index (χ1v) is 6.40. The molecule has 1 aliphatic rings. The van der Waals surface area contributed by atoms with Crippen LogP contribution in [-0.2, 0) is 4.79 Å². The molecule has 16 heavy (non-hydrogen) atoms. The van der Waals surface area contributed by atoms with Crippen molar-refractivity contribution in [1.29, 1.82) is 0 Å². The minimum absolute atomic E-state index is 0.296. The van der Waals surface area contributed by atoms with E-state index >= 15 is 0 Å². The first kappa shape index (κ1) is 13.5. The molecule has 1 saturated carbocycles. The summed E-state index contributed by atoms with van der Waals surface area (Å²) in [6.07, 6.45) is 4.77. The standard InChI is InChI=1S/C12H24N2O2/c1-2-14(11-6-7-11)10-9-13-8-4-3-5-12(15)16/h11,13H,2-10H2,1H3,(H,15,16). The van der Waals surface area contributed by atoms with E-state index in [9.17, 15) is 4.79 Å². The van der Waals surface area contributed by atoms with Gasteiger partial charge in [-0.2, -0.15) is 0 Å². The van der Waals surface area contributed by atoms with E-state index in [1.807, 2.05) is 0 Å². The zero-order valence-corrected chi connectivity index (χ0v) is 10.2. The third-order valence-electron chi connectivity index (χ3n) is 3.04. The lowest BCUT2D eigenvalue weighted by Crippen LogP contribution is -2.33. The Labute approximate surface area is 98.0 Å². The first-order valence-electron chi connectivity index (χ1n) is 6.40. The summed E-state index contributed by atoms with van der Waals surface area (Å²) in [7, 11) is 0. The van der Waals surface area contributed by atoms with E-state index in [0.29, 0.717) is 6.42 Å². The molecule has 2 N–H and O–H groups in total. The Morgan fingerprint density at radius 2 is 2.12 bits per heavy atom. The number of carbonyl (C=O) groups is 1. The molecule has 0 aromatic carbocycles. The minimum Gasteiger partial charge on any atom is -0.481 e. The number of unbranched alkanes of at least 4 members (excludes halogenated alkanes) is 1. The lowest BCUT2D eigenvalue weighted by molar-refractivity contribution is -0.137. The van der Waals surface area contributed by atoms with E-state index in [-0.39, 0.29) is 0 Å². The smallest absolute Gasteiger partial charge is 0.303 e. The highest BCUT2D eigenvalue weighted by molar-refractivity contribution is 5.66. The van der Waals surface area contributed by atoms with Crippen molar-refractivity contribution in [2.45, 2.75) is 45.1 Å². The number of carboxylic acid groups (broad SMARTS) is 1. The van der Waals surface area contributed by atoms with Gasteiger partial charge >= 0.3 is 5.97 Å². The highest BCUT2D eigenvalue weighted by Crippen LogP contribution is 2.25. The van der Waals surface area contributed by atoms with E-state index in [4.69, 9.17) is 5.11 Å². The van der Waals surface area contributed by atoms with Crippen LogP contribution in [0.3, 0.4) is 0 Å². The molecule has 1 rings (SSSR count). The van der Waals surface area contributed by atoms with Crippen LogP contribution < -0.4 is 5.32 Å². The summed E-state index contributed by atoms with van der Waals surface area (Å²) in [5.74, 6) is -0.689. The van der Waals surface area contributed by atoms with Gasteiger partial charge in [0, 0.05) is 25.6 Å². The molecule has 4 nitrogen and oxygen atoms in total. The molecule has 0 radical (unpaired) electrons.